The van der Waals surface area contributed by atoms with Crippen LogP contribution in [0.15, 0.2) is 0 Å². The van der Waals surface area contributed by atoms with Crippen molar-refractivity contribution in [2.75, 3.05) is 26.7 Å². The lowest BCUT2D eigenvalue weighted by atomic mass is 9.85. The van der Waals surface area contributed by atoms with Gasteiger partial charge in [-0.2, -0.15) is 0 Å². The zero-order valence-electron chi connectivity index (χ0n) is 12.9. The van der Waals surface area contributed by atoms with E-state index in [-0.39, 0.29) is 5.91 Å². The Morgan fingerprint density at radius 1 is 1.47 bits per heavy atom. The van der Waals surface area contributed by atoms with E-state index < -0.39 is 5.54 Å². The molecular formula is C15H31N3O. The Labute approximate surface area is 118 Å². The molecule has 0 saturated heterocycles. The van der Waals surface area contributed by atoms with Crippen LogP contribution in [0.4, 0.5) is 0 Å². The highest BCUT2D eigenvalue weighted by Gasteiger charge is 2.29. The van der Waals surface area contributed by atoms with Crippen molar-refractivity contribution in [2.45, 2.75) is 57.9 Å². The molecular weight excluding hydrogens is 238 g/mol. The third kappa shape index (κ3) is 5.49. The molecule has 4 nitrogen and oxygen atoms in total. The summed E-state index contributed by atoms with van der Waals surface area (Å²) in [5, 5.41) is 3.29. The SMILES string of the molecule is CCCNC(C)(CCCN(C)CC1CCC1)C(N)=O. The van der Waals surface area contributed by atoms with Crippen LogP contribution in [0, 0.1) is 5.92 Å². The van der Waals surface area contributed by atoms with Crippen LogP contribution in [0.25, 0.3) is 0 Å². The third-order valence-corrected chi connectivity index (χ3v) is 4.32. The lowest BCUT2D eigenvalue weighted by Gasteiger charge is -2.31. The number of nitrogens with one attached hydrogen (secondary N) is 1. The molecule has 3 N–H and O–H groups in total. The Morgan fingerprint density at radius 2 is 2.16 bits per heavy atom. The average molecular weight is 269 g/mol. The first-order valence-electron chi connectivity index (χ1n) is 7.71. The third-order valence-electron chi connectivity index (χ3n) is 4.32. The van der Waals surface area contributed by atoms with Crippen molar-refractivity contribution in [3.05, 3.63) is 0 Å². The van der Waals surface area contributed by atoms with E-state index in [1.165, 1.54) is 25.8 Å². The maximum atomic E-state index is 11.6. The zero-order chi connectivity index (χ0) is 14.3. The molecule has 0 spiro atoms. The van der Waals surface area contributed by atoms with Crippen LogP contribution in [0.2, 0.25) is 0 Å². The predicted molar refractivity (Wildman–Crippen MR) is 80.0 cm³/mol. The van der Waals surface area contributed by atoms with Gasteiger partial charge in [0.25, 0.3) is 0 Å². The predicted octanol–water partition coefficient (Wildman–Crippen LogP) is 1.74. The lowest BCUT2D eigenvalue weighted by molar-refractivity contribution is -0.124. The molecule has 0 aromatic heterocycles. The first-order valence-corrected chi connectivity index (χ1v) is 7.71. The van der Waals surface area contributed by atoms with Crippen molar-refractivity contribution in [2.24, 2.45) is 11.7 Å². The highest BCUT2D eigenvalue weighted by atomic mass is 16.1. The summed E-state index contributed by atoms with van der Waals surface area (Å²) in [5.41, 5.74) is 4.98. The van der Waals surface area contributed by atoms with Crippen molar-refractivity contribution in [1.82, 2.24) is 10.2 Å². The second kappa shape index (κ2) is 7.85. The molecule has 1 rings (SSSR count). The van der Waals surface area contributed by atoms with E-state index in [2.05, 4.69) is 24.2 Å². The van der Waals surface area contributed by atoms with Crippen LogP contribution < -0.4 is 11.1 Å². The molecule has 1 aliphatic carbocycles. The molecule has 0 aliphatic heterocycles. The van der Waals surface area contributed by atoms with Crippen LogP contribution in [0.3, 0.4) is 0 Å². The molecule has 0 bridgehead atoms. The normalized spacial score (nSPS) is 19.2. The van der Waals surface area contributed by atoms with Crippen molar-refractivity contribution in [3.63, 3.8) is 0 Å². The van der Waals surface area contributed by atoms with E-state index in [4.69, 9.17) is 5.73 Å². The van der Waals surface area contributed by atoms with Crippen LogP contribution in [0.1, 0.15) is 52.4 Å². The molecule has 1 saturated carbocycles. The summed E-state index contributed by atoms with van der Waals surface area (Å²) < 4.78 is 0. The fourth-order valence-corrected chi connectivity index (χ4v) is 2.61. The Balaban J connectivity index is 2.24. The molecule has 1 amide bonds. The first-order chi connectivity index (χ1) is 8.98. The summed E-state index contributed by atoms with van der Waals surface area (Å²) >= 11 is 0. The Morgan fingerprint density at radius 3 is 2.63 bits per heavy atom. The monoisotopic (exact) mass is 269 g/mol. The quantitative estimate of drug-likeness (QED) is 0.635. The number of hydrogen-bond donors (Lipinski definition) is 2. The van der Waals surface area contributed by atoms with Gasteiger partial charge in [0, 0.05) is 6.54 Å². The van der Waals surface area contributed by atoms with E-state index in [0.717, 1.165) is 38.3 Å². The number of carbonyl (C=O) groups excluding carboxylic acids is 1. The van der Waals surface area contributed by atoms with E-state index in [0.29, 0.717) is 0 Å². The highest BCUT2D eigenvalue weighted by Crippen LogP contribution is 2.26. The van der Waals surface area contributed by atoms with Gasteiger partial charge in [-0.1, -0.05) is 13.3 Å². The number of rotatable bonds is 10. The molecule has 19 heavy (non-hydrogen) atoms. The minimum absolute atomic E-state index is 0.234. The number of carbonyl (C=O) groups is 1. The summed E-state index contributed by atoms with van der Waals surface area (Å²) in [6.45, 7) is 7.12. The van der Waals surface area contributed by atoms with E-state index in [1.54, 1.807) is 0 Å². The van der Waals surface area contributed by atoms with Gasteiger partial charge in [-0.25, -0.2) is 0 Å². The van der Waals surface area contributed by atoms with Crippen LogP contribution in [-0.4, -0.2) is 43.0 Å². The van der Waals surface area contributed by atoms with Gasteiger partial charge < -0.3 is 16.0 Å². The van der Waals surface area contributed by atoms with Gasteiger partial charge in [-0.15, -0.1) is 0 Å². The van der Waals surface area contributed by atoms with Crippen LogP contribution in [-0.2, 0) is 4.79 Å². The Kier molecular flexibility index (Phi) is 6.80. The summed E-state index contributed by atoms with van der Waals surface area (Å²) in [5.74, 6) is 0.674. The van der Waals surface area contributed by atoms with Gasteiger partial charge in [-0.05, 0) is 65.1 Å². The maximum absolute atomic E-state index is 11.6. The molecule has 1 atom stereocenters. The number of nitrogens with two attached hydrogens (primary N) is 1. The number of hydrogen-bond acceptors (Lipinski definition) is 3. The molecule has 112 valence electrons. The van der Waals surface area contributed by atoms with E-state index in [1.807, 2.05) is 6.92 Å². The highest BCUT2D eigenvalue weighted by molar-refractivity contribution is 5.84. The summed E-state index contributed by atoms with van der Waals surface area (Å²) in [6.07, 6.45) is 7.03. The van der Waals surface area contributed by atoms with Gasteiger partial charge >= 0.3 is 0 Å². The van der Waals surface area contributed by atoms with Gasteiger partial charge in [0.2, 0.25) is 5.91 Å². The fraction of sp³-hybridized carbons (Fsp3) is 0.933. The van der Waals surface area contributed by atoms with Gasteiger partial charge in [0.15, 0.2) is 0 Å². The van der Waals surface area contributed by atoms with Gasteiger partial charge in [-0.3, -0.25) is 4.79 Å². The molecule has 0 aromatic rings. The van der Waals surface area contributed by atoms with Gasteiger partial charge in [0.1, 0.15) is 0 Å². The van der Waals surface area contributed by atoms with Crippen LogP contribution >= 0.6 is 0 Å². The second-order valence-corrected chi connectivity index (χ2v) is 6.29. The van der Waals surface area contributed by atoms with Crippen molar-refractivity contribution < 1.29 is 4.79 Å². The Hall–Kier alpha value is -0.610. The number of primary amides is 1. The van der Waals surface area contributed by atoms with Crippen molar-refractivity contribution in [3.8, 4) is 0 Å². The average Bonchev–Trinajstić information content (AvgIpc) is 2.31. The van der Waals surface area contributed by atoms with Crippen LogP contribution in [0.5, 0.6) is 0 Å². The molecule has 0 aromatic carbocycles. The maximum Gasteiger partial charge on any atom is 0.237 e. The standard InChI is InChI=1S/C15H31N3O/c1-4-10-17-15(2,14(16)19)9-6-11-18(3)12-13-7-5-8-13/h13,17H,4-12H2,1-3H3,(H2,16,19). The summed E-state index contributed by atoms with van der Waals surface area (Å²) in [7, 11) is 2.18. The largest absolute Gasteiger partial charge is 0.368 e. The number of nitrogens with zero attached hydrogens (tertiary/aromatic N) is 1. The lowest BCUT2D eigenvalue weighted by Crippen LogP contribution is -2.53. The minimum atomic E-state index is -0.548. The Bertz CT molecular complexity index is 279. The van der Waals surface area contributed by atoms with E-state index in [9.17, 15) is 4.79 Å². The van der Waals surface area contributed by atoms with Crippen molar-refractivity contribution in [1.29, 1.82) is 0 Å². The molecule has 4 heteroatoms. The molecule has 1 fully saturated rings. The summed E-state index contributed by atoms with van der Waals surface area (Å²) in [6, 6.07) is 0. The van der Waals surface area contributed by atoms with Gasteiger partial charge in [0.05, 0.1) is 5.54 Å². The topological polar surface area (TPSA) is 58.4 Å². The zero-order valence-corrected chi connectivity index (χ0v) is 12.9. The smallest absolute Gasteiger partial charge is 0.237 e. The fourth-order valence-electron chi connectivity index (χ4n) is 2.61. The summed E-state index contributed by atoms with van der Waals surface area (Å²) in [4.78, 5) is 14.0. The molecule has 1 unspecified atom stereocenters. The molecule has 0 radical (unpaired) electrons. The second-order valence-electron chi connectivity index (χ2n) is 6.29. The minimum Gasteiger partial charge on any atom is -0.368 e. The number of amides is 1. The van der Waals surface area contributed by atoms with E-state index >= 15 is 0 Å². The first kappa shape index (κ1) is 16.4. The van der Waals surface area contributed by atoms with Crippen molar-refractivity contribution >= 4 is 5.91 Å². The molecule has 1 aliphatic rings. The molecule has 0 heterocycles.